The van der Waals surface area contributed by atoms with Crippen molar-refractivity contribution in [2.24, 2.45) is 5.73 Å². The number of thiophene rings is 1. The van der Waals surface area contributed by atoms with Crippen LogP contribution in [0.25, 0.3) is 0 Å². The van der Waals surface area contributed by atoms with Gasteiger partial charge >= 0.3 is 0 Å². The van der Waals surface area contributed by atoms with Gasteiger partial charge in [0.25, 0.3) is 0 Å². The summed E-state index contributed by atoms with van der Waals surface area (Å²) in [4.78, 5) is 1.21. The number of aryl methyl sites for hydroxylation is 1. The molecule has 0 saturated carbocycles. The first-order chi connectivity index (χ1) is 8.74. The van der Waals surface area contributed by atoms with E-state index < -0.39 is 0 Å². The zero-order valence-electron chi connectivity index (χ0n) is 10.8. The van der Waals surface area contributed by atoms with Crippen LogP contribution in [0.2, 0.25) is 0 Å². The van der Waals surface area contributed by atoms with Gasteiger partial charge in [0.1, 0.15) is 5.75 Å². The zero-order valence-corrected chi connectivity index (χ0v) is 11.7. The van der Waals surface area contributed by atoms with Crippen molar-refractivity contribution in [3.05, 3.63) is 51.7 Å². The van der Waals surface area contributed by atoms with Crippen LogP contribution in [0.15, 0.2) is 35.7 Å². The van der Waals surface area contributed by atoms with Crippen molar-refractivity contribution in [2.75, 3.05) is 6.61 Å². The van der Waals surface area contributed by atoms with Crippen molar-refractivity contribution in [3.8, 4) is 5.75 Å². The third kappa shape index (κ3) is 2.74. The predicted octanol–water partition coefficient (Wildman–Crippen LogP) is 3.89. The molecule has 3 heteroatoms. The minimum absolute atomic E-state index is 0.0990. The molecule has 2 nitrogen and oxygen atoms in total. The summed E-state index contributed by atoms with van der Waals surface area (Å²) in [5.74, 6) is 0.902. The summed E-state index contributed by atoms with van der Waals surface area (Å²) in [5.41, 5.74) is 8.68. The van der Waals surface area contributed by atoms with Gasteiger partial charge in [0, 0.05) is 10.4 Å². The molecule has 0 amide bonds. The maximum absolute atomic E-state index is 6.36. The van der Waals surface area contributed by atoms with Crippen molar-refractivity contribution in [3.63, 3.8) is 0 Å². The molecule has 1 atom stereocenters. The minimum atomic E-state index is -0.0990. The number of rotatable bonds is 5. The fraction of sp³-hybridized carbons (Fsp3) is 0.333. The lowest BCUT2D eigenvalue weighted by atomic mass is 10.0. The topological polar surface area (TPSA) is 35.2 Å². The van der Waals surface area contributed by atoms with Crippen molar-refractivity contribution in [2.45, 2.75) is 26.3 Å². The quantitative estimate of drug-likeness (QED) is 0.886. The second-order valence-electron chi connectivity index (χ2n) is 4.33. The molecular weight excluding hydrogens is 242 g/mol. The van der Waals surface area contributed by atoms with Gasteiger partial charge in [0.15, 0.2) is 0 Å². The molecule has 0 aliphatic heterocycles. The van der Waals surface area contributed by atoms with Gasteiger partial charge in [0.2, 0.25) is 0 Å². The molecule has 0 fully saturated rings. The van der Waals surface area contributed by atoms with E-state index in [1.54, 1.807) is 11.3 Å². The van der Waals surface area contributed by atoms with E-state index in [0.29, 0.717) is 0 Å². The summed E-state index contributed by atoms with van der Waals surface area (Å²) in [6, 6.07) is 10.1. The summed E-state index contributed by atoms with van der Waals surface area (Å²) < 4.78 is 5.77. The van der Waals surface area contributed by atoms with Gasteiger partial charge in [-0.3, -0.25) is 0 Å². The first kappa shape index (κ1) is 13.1. The number of para-hydroxylation sites is 1. The Bertz CT molecular complexity index is 507. The van der Waals surface area contributed by atoms with Gasteiger partial charge in [-0.15, -0.1) is 11.3 Å². The summed E-state index contributed by atoms with van der Waals surface area (Å²) in [7, 11) is 0. The third-order valence-corrected chi connectivity index (χ3v) is 4.00. The van der Waals surface area contributed by atoms with Crippen LogP contribution in [0, 0.1) is 6.92 Å². The monoisotopic (exact) mass is 261 g/mol. The standard InChI is InChI=1S/C15H19NOS/c1-3-9-17-13-7-5-4-6-12(13)14(16)15-11(2)8-10-18-15/h4-8,10,14H,3,9,16H2,1-2H3. The van der Waals surface area contributed by atoms with Crippen LogP contribution >= 0.6 is 11.3 Å². The first-order valence-corrected chi connectivity index (χ1v) is 7.13. The van der Waals surface area contributed by atoms with E-state index in [4.69, 9.17) is 10.5 Å². The van der Waals surface area contributed by atoms with Crippen LogP contribution in [-0.4, -0.2) is 6.61 Å². The molecule has 2 aromatic rings. The average Bonchev–Trinajstić information content (AvgIpc) is 2.82. The largest absolute Gasteiger partial charge is 0.493 e. The molecule has 0 aliphatic rings. The molecular formula is C15H19NOS. The van der Waals surface area contributed by atoms with E-state index in [-0.39, 0.29) is 6.04 Å². The SMILES string of the molecule is CCCOc1ccccc1C(N)c1sccc1C. The fourth-order valence-electron chi connectivity index (χ4n) is 1.93. The highest BCUT2D eigenvalue weighted by molar-refractivity contribution is 7.10. The molecule has 1 unspecified atom stereocenters. The molecule has 2 N–H and O–H groups in total. The molecule has 0 radical (unpaired) electrons. The Morgan fingerprint density at radius 1 is 1.28 bits per heavy atom. The number of hydrogen-bond donors (Lipinski definition) is 1. The van der Waals surface area contributed by atoms with Crippen molar-refractivity contribution >= 4 is 11.3 Å². The molecule has 96 valence electrons. The third-order valence-electron chi connectivity index (χ3n) is 2.90. The van der Waals surface area contributed by atoms with E-state index in [2.05, 4.69) is 31.4 Å². The Morgan fingerprint density at radius 2 is 2.06 bits per heavy atom. The lowest BCUT2D eigenvalue weighted by molar-refractivity contribution is 0.313. The molecule has 0 bridgehead atoms. The molecule has 1 aromatic carbocycles. The van der Waals surface area contributed by atoms with E-state index in [0.717, 1.165) is 24.3 Å². The van der Waals surface area contributed by atoms with E-state index in [9.17, 15) is 0 Å². The minimum Gasteiger partial charge on any atom is -0.493 e. The smallest absolute Gasteiger partial charge is 0.124 e. The molecule has 0 aliphatic carbocycles. The Hall–Kier alpha value is -1.32. The van der Waals surface area contributed by atoms with Gasteiger partial charge in [0.05, 0.1) is 12.6 Å². The van der Waals surface area contributed by atoms with Crippen molar-refractivity contribution in [1.29, 1.82) is 0 Å². The van der Waals surface area contributed by atoms with E-state index >= 15 is 0 Å². The van der Waals surface area contributed by atoms with Crippen LogP contribution in [0.4, 0.5) is 0 Å². The first-order valence-electron chi connectivity index (χ1n) is 6.25. The Balaban J connectivity index is 2.30. The molecule has 0 spiro atoms. The van der Waals surface area contributed by atoms with E-state index in [1.807, 2.05) is 18.2 Å². The summed E-state index contributed by atoms with van der Waals surface area (Å²) in [5, 5.41) is 2.08. The van der Waals surface area contributed by atoms with Crippen molar-refractivity contribution < 1.29 is 4.74 Å². The molecule has 0 saturated heterocycles. The van der Waals surface area contributed by atoms with Gasteiger partial charge < -0.3 is 10.5 Å². The summed E-state index contributed by atoms with van der Waals surface area (Å²) >= 11 is 1.70. The second-order valence-corrected chi connectivity index (χ2v) is 5.28. The summed E-state index contributed by atoms with van der Waals surface area (Å²) in [6.45, 7) is 4.93. The number of hydrogen-bond acceptors (Lipinski definition) is 3. The summed E-state index contributed by atoms with van der Waals surface area (Å²) in [6.07, 6.45) is 1.00. The molecule has 1 aromatic heterocycles. The lowest BCUT2D eigenvalue weighted by Crippen LogP contribution is -2.13. The maximum Gasteiger partial charge on any atom is 0.124 e. The Labute approximate surface area is 112 Å². The van der Waals surface area contributed by atoms with Crippen LogP contribution in [0.5, 0.6) is 5.75 Å². The highest BCUT2D eigenvalue weighted by atomic mass is 32.1. The number of benzene rings is 1. The zero-order chi connectivity index (χ0) is 13.0. The molecule has 1 heterocycles. The number of ether oxygens (including phenoxy) is 1. The Kier molecular flexibility index (Phi) is 4.39. The normalized spacial score (nSPS) is 12.4. The Morgan fingerprint density at radius 3 is 2.72 bits per heavy atom. The second kappa shape index (κ2) is 6.03. The van der Waals surface area contributed by atoms with Crippen LogP contribution in [0.1, 0.15) is 35.4 Å². The molecule has 18 heavy (non-hydrogen) atoms. The maximum atomic E-state index is 6.36. The van der Waals surface area contributed by atoms with Gasteiger partial charge in [-0.25, -0.2) is 0 Å². The highest BCUT2D eigenvalue weighted by Gasteiger charge is 2.16. The predicted molar refractivity (Wildman–Crippen MR) is 77.3 cm³/mol. The van der Waals surface area contributed by atoms with Crippen LogP contribution < -0.4 is 10.5 Å². The van der Waals surface area contributed by atoms with Gasteiger partial charge in [-0.05, 0) is 36.4 Å². The highest BCUT2D eigenvalue weighted by Crippen LogP contribution is 2.32. The average molecular weight is 261 g/mol. The van der Waals surface area contributed by atoms with Gasteiger partial charge in [-0.2, -0.15) is 0 Å². The van der Waals surface area contributed by atoms with Gasteiger partial charge in [-0.1, -0.05) is 25.1 Å². The van der Waals surface area contributed by atoms with E-state index in [1.165, 1.54) is 10.4 Å². The van der Waals surface area contributed by atoms with Crippen LogP contribution in [0.3, 0.4) is 0 Å². The number of nitrogens with two attached hydrogens (primary N) is 1. The fourth-order valence-corrected chi connectivity index (χ4v) is 2.87. The lowest BCUT2D eigenvalue weighted by Gasteiger charge is -2.16. The van der Waals surface area contributed by atoms with Crippen LogP contribution in [-0.2, 0) is 0 Å². The van der Waals surface area contributed by atoms with Crippen molar-refractivity contribution in [1.82, 2.24) is 0 Å². The molecule has 2 rings (SSSR count).